The highest BCUT2D eigenvalue weighted by molar-refractivity contribution is 9.10. The molecule has 2 unspecified atom stereocenters. The van der Waals surface area contributed by atoms with Gasteiger partial charge in [0, 0.05) is 16.6 Å². The lowest BCUT2D eigenvalue weighted by molar-refractivity contribution is -0.149. The summed E-state index contributed by atoms with van der Waals surface area (Å²) in [5, 5.41) is 11.6. The number of hydrogen-bond donors (Lipinski definition) is 2. The number of halogens is 1. The summed E-state index contributed by atoms with van der Waals surface area (Å²) >= 11 is 3.39. The molecule has 2 N–H and O–H groups in total. The first-order valence-corrected chi connectivity index (χ1v) is 7.20. The summed E-state index contributed by atoms with van der Waals surface area (Å²) in [7, 11) is 0. The third-order valence-corrected chi connectivity index (χ3v) is 4.24. The lowest BCUT2D eigenvalue weighted by Gasteiger charge is -2.13. The highest BCUT2D eigenvalue weighted by atomic mass is 79.9. The standard InChI is InChI=1S/C14H16BrNO4/c1-8-10(3-2-4-11(8)15)13(17)16-7-9-5-6-12(20-9)14(18)19/h2-4,9,12H,5-7H2,1H3,(H,16,17)(H,18,19). The Morgan fingerprint density at radius 1 is 1.45 bits per heavy atom. The van der Waals surface area contributed by atoms with E-state index in [1.165, 1.54) is 0 Å². The van der Waals surface area contributed by atoms with Gasteiger partial charge in [0.1, 0.15) is 0 Å². The number of ether oxygens (including phenoxy) is 1. The van der Waals surface area contributed by atoms with Crippen molar-refractivity contribution in [1.29, 1.82) is 0 Å². The molecule has 0 aliphatic carbocycles. The molecule has 20 heavy (non-hydrogen) atoms. The second-order valence-electron chi connectivity index (χ2n) is 4.78. The van der Waals surface area contributed by atoms with Crippen LogP contribution in [0, 0.1) is 6.92 Å². The second-order valence-corrected chi connectivity index (χ2v) is 5.64. The Hall–Kier alpha value is -1.40. The van der Waals surface area contributed by atoms with Crippen molar-refractivity contribution in [1.82, 2.24) is 5.32 Å². The average molecular weight is 342 g/mol. The number of benzene rings is 1. The van der Waals surface area contributed by atoms with Crippen LogP contribution in [0.25, 0.3) is 0 Å². The van der Waals surface area contributed by atoms with E-state index in [-0.39, 0.29) is 12.0 Å². The Labute approximate surface area is 125 Å². The highest BCUT2D eigenvalue weighted by Crippen LogP contribution is 2.21. The maximum Gasteiger partial charge on any atom is 0.332 e. The molecule has 0 spiro atoms. The fourth-order valence-corrected chi connectivity index (χ4v) is 2.56. The van der Waals surface area contributed by atoms with Crippen molar-refractivity contribution >= 4 is 27.8 Å². The molecule has 1 saturated heterocycles. The normalized spacial score (nSPS) is 21.7. The highest BCUT2D eigenvalue weighted by Gasteiger charge is 2.30. The predicted octanol–water partition coefficient (Wildman–Crippen LogP) is 2.12. The molecule has 1 amide bonds. The Morgan fingerprint density at radius 3 is 2.85 bits per heavy atom. The van der Waals surface area contributed by atoms with Gasteiger partial charge >= 0.3 is 5.97 Å². The zero-order chi connectivity index (χ0) is 14.7. The predicted molar refractivity (Wildman–Crippen MR) is 76.7 cm³/mol. The molecule has 0 aromatic heterocycles. The Bertz CT molecular complexity index is 532. The molecule has 1 aliphatic heterocycles. The summed E-state index contributed by atoms with van der Waals surface area (Å²) in [4.78, 5) is 22.9. The number of amides is 1. The van der Waals surface area contributed by atoms with E-state index < -0.39 is 12.1 Å². The van der Waals surface area contributed by atoms with Crippen LogP contribution in [0.15, 0.2) is 22.7 Å². The van der Waals surface area contributed by atoms with Gasteiger partial charge in [0.15, 0.2) is 6.10 Å². The molecule has 1 aliphatic rings. The van der Waals surface area contributed by atoms with Crippen LogP contribution in [-0.2, 0) is 9.53 Å². The Balaban J connectivity index is 1.90. The maximum atomic E-state index is 12.1. The molecule has 0 saturated carbocycles. The van der Waals surface area contributed by atoms with Crippen molar-refractivity contribution in [2.24, 2.45) is 0 Å². The van der Waals surface area contributed by atoms with E-state index in [4.69, 9.17) is 9.84 Å². The van der Waals surface area contributed by atoms with Gasteiger partial charge in [0.2, 0.25) is 0 Å². The van der Waals surface area contributed by atoms with Gasteiger partial charge in [-0.25, -0.2) is 4.79 Å². The maximum absolute atomic E-state index is 12.1. The molecule has 1 aromatic rings. The third-order valence-electron chi connectivity index (χ3n) is 3.39. The van der Waals surface area contributed by atoms with E-state index >= 15 is 0 Å². The van der Waals surface area contributed by atoms with Crippen LogP contribution in [-0.4, -0.2) is 35.7 Å². The van der Waals surface area contributed by atoms with E-state index in [0.29, 0.717) is 24.9 Å². The smallest absolute Gasteiger partial charge is 0.332 e. The lowest BCUT2D eigenvalue weighted by Crippen LogP contribution is -2.33. The molecule has 1 heterocycles. The van der Waals surface area contributed by atoms with Crippen LogP contribution in [0.1, 0.15) is 28.8 Å². The molecule has 1 aromatic carbocycles. The first-order valence-electron chi connectivity index (χ1n) is 6.40. The van der Waals surface area contributed by atoms with E-state index in [2.05, 4.69) is 21.2 Å². The summed E-state index contributed by atoms with van der Waals surface area (Å²) in [5.74, 6) is -1.12. The van der Waals surface area contributed by atoms with Crippen LogP contribution in [0.3, 0.4) is 0 Å². The second kappa shape index (κ2) is 6.37. The largest absolute Gasteiger partial charge is 0.479 e. The van der Waals surface area contributed by atoms with Gasteiger partial charge in [0.25, 0.3) is 5.91 Å². The van der Waals surface area contributed by atoms with Crippen LogP contribution < -0.4 is 5.32 Å². The number of carbonyl (C=O) groups is 2. The molecule has 0 bridgehead atoms. The minimum Gasteiger partial charge on any atom is -0.479 e. The van der Waals surface area contributed by atoms with Crippen LogP contribution in [0.5, 0.6) is 0 Å². The van der Waals surface area contributed by atoms with Crippen molar-refractivity contribution in [3.63, 3.8) is 0 Å². The number of nitrogens with one attached hydrogen (secondary N) is 1. The van der Waals surface area contributed by atoms with Crippen LogP contribution in [0.4, 0.5) is 0 Å². The Morgan fingerprint density at radius 2 is 2.20 bits per heavy atom. The molecule has 2 rings (SSSR count). The summed E-state index contributed by atoms with van der Waals surface area (Å²) in [6.07, 6.45) is 0.164. The minimum absolute atomic E-state index is 0.175. The quantitative estimate of drug-likeness (QED) is 0.879. The summed E-state index contributed by atoms with van der Waals surface area (Å²) in [6, 6.07) is 5.44. The van der Waals surface area contributed by atoms with E-state index in [1.54, 1.807) is 12.1 Å². The van der Waals surface area contributed by atoms with Gasteiger partial charge in [-0.15, -0.1) is 0 Å². The average Bonchev–Trinajstić information content (AvgIpc) is 2.88. The number of carbonyl (C=O) groups excluding carboxylic acids is 1. The van der Waals surface area contributed by atoms with Crippen LogP contribution >= 0.6 is 15.9 Å². The van der Waals surface area contributed by atoms with E-state index in [1.807, 2.05) is 13.0 Å². The number of carboxylic acids is 1. The van der Waals surface area contributed by atoms with Gasteiger partial charge in [-0.2, -0.15) is 0 Å². The summed E-state index contributed by atoms with van der Waals surface area (Å²) < 4.78 is 6.22. The molecular formula is C14H16BrNO4. The fraction of sp³-hybridized carbons (Fsp3) is 0.429. The van der Waals surface area contributed by atoms with Crippen molar-refractivity contribution in [3.8, 4) is 0 Å². The molecule has 5 nitrogen and oxygen atoms in total. The van der Waals surface area contributed by atoms with E-state index in [9.17, 15) is 9.59 Å². The zero-order valence-electron chi connectivity index (χ0n) is 11.1. The number of aliphatic carboxylic acids is 1. The third kappa shape index (κ3) is 3.37. The lowest BCUT2D eigenvalue weighted by atomic mass is 10.1. The number of hydrogen-bond acceptors (Lipinski definition) is 3. The molecule has 108 valence electrons. The van der Waals surface area contributed by atoms with Crippen molar-refractivity contribution in [2.75, 3.05) is 6.54 Å². The first kappa shape index (κ1) is 15.0. The zero-order valence-corrected chi connectivity index (χ0v) is 12.6. The monoisotopic (exact) mass is 341 g/mol. The number of rotatable bonds is 4. The Kier molecular flexibility index (Phi) is 4.77. The van der Waals surface area contributed by atoms with Crippen molar-refractivity contribution in [3.05, 3.63) is 33.8 Å². The molecular weight excluding hydrogens is 326 g/mol. The molecule has 6 heteroatoms. The van der Waals surface area contributed by atoms with Gasteiger partial charge in [-0.05, 0) is 37.5 Å². The SMILES string of the molecule is Cc1c(Br)cccc1C(=O)NCC1CCC(C(=O)O)O1. The van der Waals surface area contributed by atoms with E-state index in [0.717, 1.165) is 10.0 Å². The van der Waals surface area contributed by atoms with Gasteiger partial charge in [0.05, 0.1) is 6.10 Å². The molecule has 1 fully saturated rings. The summed E-state index contributed by atoms with van der Waals surface area (Å²) in [5.41, 5.74) is 1.48. The van der Waals surface area contributed by atoms with Gasteiger partial charge in [-0.3, -0.25) is 4.79 Å². The fourth-order valence-electron chi connectivity index (χ4n) is 2.19. The number of carboxylic acid groups (broad SMARTS) is 1. The van der Waals surface area contributed by atoms with Crippen molar-refractivity contribution < 1.29 is 19.4 Å². The van der Waals surface area contributed by atoms with Gasteiger partial charge in [-0.1, -0.05) is 22.0 Å². The van der Waals surface area contributed by atoms with Crippen molar-refractivity contribution in [2.45, 2.75) is 32.0 Å². The molecule has 0 radical (unpaired) electrons. The topological polar surface area (TPSA) is 75.6 Å². The van der Waals surface area contributed by atoms with Crippen LogP contribution in [0.2, 0.25) is 0 Å². The minimum atomic E-state index is -0.943. The molecule has 2 atom stereocenters. The summed E-state index contributed by atoms with van der Waals surface area (Å²) in [6.45, 7) is 2.19. The first-order chi connectivity index (χ1) is 9.49. The van der Waals surface area contributed by atoms with Gasteiger partial charge < -0.3 is 15.2 Å².